The molecular formula is C16H24N2O. The highest BCUT2D eigenvalue weighted by molar-refractivity contribution is 5.75. The zero-order valence-corrected chi connectivity index (χ0v) is 12.4. The largest absolute Gasteiger partial charge is 0.379 e. The highest BCUT2D eigenvalue weighted by Crippen LogP contribution is 2.21. The van der Waals surface area contributed by atoms with Gasteiger partial charge < -0.3 is 9.30 Å². The molecule has 0 unspecified atom stereocenters. The van der Waals surface area contributed by atoms with Crippen molar-refractivity contribution in [2.24, 2.45) is 0 Å². The number of ether oxygens (including phenoxy) is 1. The van der Waals surface area contributed by atoms with Gasteiger partial charge in [0.25, 0.3) is 0 Å². The molecule has 0 aliphatic heterocycles. The number of nitrogens with zero attached hydrogens (tertiary/aromatic N) is 2. The summed E-state index contributed by atoms with van der Waals surface area (Å²) in [6.45, 7) is 7.41. The van der Waals surface area contributed by atoms with Gasteiger partial charge in [-0.05, 0) is 38.8 Å². The lowest BCUT2D eigenvalue weighted by Crippen LogP contribution is -2.24. The van der Waals surface area contributed by atoms with Crippen LogP contribution in [0.5, 0.6) is 0 Å². The second kappa shape index (κ2) is 5.74. The van der Waals surface area contributed by atoms with Gasteiger partial charge in [0.1, 0.15) is 5.82 Å². The van der Waals surface area contributed by atoms with Crippen LogP contribution in [0.4, 0.5) is 0 Å². The van der Waals surface area contributed by atoms with Gasteiger partial charge in [-0.15, -0.1) is 0 Å². The number of imidazole rings is 1. The van der Waals surface area contributed by atoms with E-state index in [0.717, 1.165) is 31.3 Å². The van der Waals surface area contributed by atoms with Gasteiger partial charge in [-0.2, -0.15) is 0 Å². The molecule has 0 atom stereocenters. The summed E-state index contributed by atoms with van der Waals surface area (Å²) < 4.78 is 7.86. The number of para-hydroxylation sites is 2. The van der Waals surface area contributed by atoms with E-state index in [1.807, 2.05) is 0 Å². The molecule has 2 rings (SSSR count). The Morgan fingerprint density at radius 2 is 2.00 bits per heavy atom. The molecule has 19 heavy (non-hydrogen) atoms. The first-order valence-electron chi connectivity index (χ1n) is 7.06. The number of fused-ring (bicyclic) bond motifs is 1. The highest BCUT2D eigenvalue weighted by Gasteiger charge is 2.18. The normalized spacial score (nSPS) is 12.2. The van der Waals surface area contributed by atoms with Crippen LogP contribution in [0, 0.1) is 0 Å². The number of benzene rings is 1. The van der Waals surface area contributed by atoms with Crippen LogP contribution >= 0.6 is 0 Å². The summed E-state index contributed by atoms with van der Waals surface area (Å²) >= 11 is 0. The van der Waals surface area contributed by atoms with E-state index < -0.39 is 0 Å². The van der Waals surface area contributed by atoms with Crippen molar-refractivity contribution >= 4 is 11.0 Å². The van der Waals surface area contributed by atoms with Crippen LogP contribution in [0.2, 0.25) is 0 Å². The van der Waals surface area contributed by atoms with Gasteiger partial charge in [0.15, 0.2) is 0 Å². The van der Waals surface area contributed by atoms with E-state index >= 15 is 0 Å². The van der Waals surface area contributed by atoms with Crippen molar-refractivity contribution in [3.63, 3.8) is 0 Å². The summed E-state index contributed by atoms with van der Waals surface area (Å²) in [5.41, 5.74) is 2.24. The lowest BCUT2D eigenvalue weighted by Gasteiger charge is -2.23. The minimum atomic E-state index is -0.0884. The Bertz CT molecular complexity index is 543. The van der Waals surface area contributed by atoms with Crippen molar-refractivity contribution in [3.05, 3.63) is 30.1 Å². The van der Waals surface area contributed by atoms with Gasteiger partial charge in [0.05, 0.1) is 16.6 Å². The summed E-state index contributed by atoms with van der Waals surface area (Å²) in [6, 6.07) is 8.37. The third-order valence-electron chi connectivity index (χ3n) is 3.70. The van der Waals surface area contributed by atoms with Crippen molar-refractivity contribution in [3.8, 4) is 0 Å². The van der Waals surface area contributed by atoms with Crippen molar-refractivity contribution in [1.29, 1.82) is 0 Å². The number of hydrogen-bond donors (Lipinski definition) is 0. The molecule has 0 spiro atoms. The van der Waals surface area contributed by atoms with Crippen LogP contribution in [0.3, 0.4) is 0 Å². The van der Waals surface area contributed by atoms with Gasteiger partial charge >= 0.3 is 0 Å². The number of methoxy groups -OCH3 is 1. The molecule has 0 amide bonds. The van der Waals surface area contributed by atoms with E-state index in [-0.39, 0.29) is 5.60 Å². The molecule has 0 bridgehead atoms. The second-order valence-corrected chi connectivity index (χ2v) is 5.63. The number of hydrogen-bond acceptors (Lipinski definition) is 2. The number of aryl methyl sites for hydroxylation is 2. The first-order valence-corrected chi connectivity index (χ1v) is 7.06. The molecule has 104 valence electrons. The minimum Gasteiger partial charge on any atom is -0.379 e. The highest BCUT2D eigenvalue weighted by atomic mass is 16.5. The van der Waals surface area contributed by atoms with Gasteiger partial charge in [0, 0.05) is 20.1 Å². The average Bonchev–Trinajstić information content (AvgIpc) is 2.74. The molecular weight excluding hydrogens is 236 g/mol. The minimum absolute atomic E-state index is 0.0884. The fourth-order valence-electron chi connectivity index (χ4n) is 2.27. The SMILES string of the molecule is CCCc1nc2ccccc2n1CCC(C)(C)OC. The Morgan fingerprint density at radius 1 is 1.26 bits per heavy atom. The summed E-state index contributed by atoms with van der Waals surface area (Å²) in [5.74, 6) is 1.19. The second-order valence-electron chi connectivity index (χ2n) is 5.63. The van der Waals surface area contributed by atoms with E-state index in [0.29, 0.717) is 0 Å². The smallest absolute Gasteiger partial charge is 0.109 e. The Labute approximate surface area is 115 Å². The molecule has 0 aliphatic carbocycles. The van der Waals surface area contributed by atoms with E-state index in [1.165, 1.54) is 11.3 Å². The first-order chi connectivity index (χ1) is 9.07. The van der Waals surface area contributed by atoms with Crippen LogP contribution in [-0.4, -0.2) is 22.3 Å². The zero-order chi connectivity index (χ0) is 13.9. The third kappa shape index (κ3) is 3.16. The van der Waals surface area contributed by atoms with Crippen LogP contribution in [0.25, 0.3) is 11.0 Å². The molecule has 3 heteroatoms. The molecule has 2 aromatic rings. The Kier molecular flexibility index (Phi) is 4.25. The number of rotatable bonds is 6. The summed E-state index contributed by atoms with van der Waals surface area (Å²) in [7, 11) is 1.78. The Balaban J connectivity index is 2.31. The van der Waals surface area contributed by atoms with Gasteiger partial charge in [-0.3, -0.25) is 0 Å². The average molecular weight is 260 g/mol. The van der Waals surface area contributed by atoms with Crippen LogP contribution in [-0.2, 0) is 17.7 Å². The van der Waals surface area contributed by atoms with Gasteiger partial charge in [0.2, 0.25) is 0 Å². The van der Waals surface area contributed by atoms with E-state index in [1.54, 1.807) is 7.11 Å². The first kappa shape index (κ1) is 14.1. The lowest BCUT2D eigenvalue weighted by molar-refractivity contribution is 0.0121. The molecule has 0 radical (unpaired) electrons. The van der Waals surface area contributed by atoms with Crippen molar-refractivity contribution in [1.82, 2.24) is 9.55 Å². The number of aromatic nitrogens is 2. The summed E-state index contributed by atoms with van der Waals surface area (Å²) in [6.07, 6.45) is 3.14. The van der Waals surface area contributed by atoms with E-state index in [9.17, 15) is 0 Å². The standard InChI is InChI=1S/C16H24N2O/c1-5-8-15-17-13-9-6-7-10-14(13)18(15)12-11-16(2,3)19-4/h6-7,9-10H,5,8,11-12H2,1-4H3. The molecule has 0 saturated heterocycles. The molecule has 0 fully saturated rings. The van der Waals surface area contributed by atoms with E-state index in [4.69, 9.17) is 9.72 Å². The fraction of sp³-hybridized carbons (Fsp3) is 0.562. The van der Waals surface area contributed by atoms with Gasteiger partial charge in [-0.1, -0.05) is 19.1 Å². The van der Waals surface area contributed by atoms with E-state index in [2.05, 4.69) is 49.6 Å². The maximum Gasteiger partial charge on any atom is 0.109 e. The predicted octanol–water partition coefficient (Wildman–Crippen LogP) is 3.80. The fourth-order valence-corrected chi connectivity index (χ4v) is 2.27. The van der Waals surface area contributed by atoms with Gasteiger partial charge in [-0.25, -0.2) is 4.98 Å². The van der Waals surface area contributed by atoms with Crippen molar-refractivity contribution in [2.45, 2.75) is 52.2 Å². The Morgan fingerprint density at radius 3 is 2.68 bits per heavy atom. The molecule has 1 heterocycles. The molecule has 1 aromatic carbocycles. The van der Waals surface area contributed by atoms with Crippen molar-refractivity contribution < 1.29 is 4.74 Å². The van der Waals surface area contributed by atoms with Crippen molar-refractivity contribution in [2.75, 3.05) is 7.11 Å². The molecule has 0 aliphatic rings. The molecule has 3 nitrogen and oxygen atoms in total. The Hall–Kier alpha value is -1.35. The maximum absolute atomic E-state index is 5.51. The third-order valence-corrected chi connectivity index (χ3v) is 3.70. The van der Waals surface area contributed by atoms with Crippen LogP contribution in [0.15, 0.2) is 24.3 Å². The topological polar surface area (TPSA) is 27.1 Å². The monoisotopic (exact) mass is 260 g/mol. The summed E-state index contributed by atoms with van der Waals surface area (Å²) in [5, 5.41) is 0. The lowest BCUT2D eigenvalue weighted by atomic mass is 10.1. The molecule has 0 N–H and O–H groups in total. The predicted molar refractivity (Wildman–Crippen MR) is 79.4 cm³/mol. The maximum atomic E-state index is 5.51. The van der Waals surface area contributed by atoms with Crippen LogP contribution < -0.4 is 0 Å². The quantitative estimate of drug-likeness (QED) is 0.790. The van der Waals surface area contributed by atoms with Crippen LogP contribution in [0.1, 0.15) is 39.4 Å². The molecule has 0 saturated carbocycles. The summed E-state index contributed by atoms with van der Waals surface area (Å²) in [4.78, 5) is 4.75. The zero-order valence-electron chi connectivity index (χ0n) is 12.4. The molecule has 1 aromatic heterocycles.